The number of benzene rings is 1. The fraction of sp³-hybridized carbons (Fsp3) is 0.727. The van der Waals surface area contributed by atoms with Gasteiger partial charge in [0.15, 0.2) is 12.4 Å². The molecule has 10 nitrogen and oxygen atoms in total. The number of amides is 1. The van der Waals surface area contributed by atoms with Gasteiger partial charge in [0, 0.05) is 63.7 Å². The second-order valence-electron chi connectivity index (χ2n) is 14.5. The van der Waals surface area contributed by atoms with Gasteiger partial charge in [0.05, 0.1) is 11.1 Å². The first kappa shape index (κ1) is 34.3. The second kappa shape index (κ2) is 13.4. The quantitative estimate of drug-likeness (QED) is 0.286. The van der Waals surface area contributed by atoms with Gasteiger partial charge in [0.2, 0.25) is 0 Å². The van der Waals surface area contributed by atoms with Crippen molar-refractivity contribution in [1.29, 1.82) is 0 Å². The van der Waals surface area contributed by atoms with E-state index >= 15 is 0 Å². The molecule has 0 radical (unpaired) electrons. The van der Waals surface area contributed by atoms with Crippen LogP contribution in [-0.2, 0) is 9.47 Å². The highest BCUT2D eigenvalue weighted by Crippen LogP contribution is 2.50. The smallest absolute Gasteiger partial charge is 0.422 e. The summed E-state index contributed by atoms with van der Waals surface area (Å²) < 4.78 is 63.5. The molecule has 4 heterocycles. The number of anilines is 1. The molecule has 1 aliphatic carbocycles. The number of hydrogen-bond donors (Lipinski definition) is 0. The standard InChI is InChI=1S/C33H45BrF3N5O5/c1-31(2,3)47-30(43)42-18-32(19-42)9-13-41(14-10-32)28-24-17-23(21-5-6-21)25(34)27(45-20-33(35,36)37)26(24)38-29(39-28)46-22-7-11-40(12-8-22)15-16-44-4/h17,21-22H,5-16,18-20H2,1-4H3. The van der Waals surface area contributed by atoms with Gasteiger partial charge in [0.1, 0.15) is 23.0 Å². The minimum absolute atomic E-state index is 0.00946. The number of alkyl halides is 3. The fourth-order valence-corrected chi connectivity index (χ4v) is 7.56. The van der Waals surface area contributed by atoms with Gasteiger partial charge in [0.25, 0.3) is 0 Å². The molecule has 3 saturated heterocycles. The number of hydrogen-bond acceptors (Lipinski definition) is 9. The average Bonchev–Trinajstić information content (AvgIpc) is 3.83. The van der Waals surface area contributed by atoms with Crippen molar-refractivity contribution in [2.75, 3.05) is 71.0 Å². The molecule has 3 aliphatic heterocycles. The maximum Gasteiger partial charge on any atom is 0.422 e. The van der Waals surface area contributed by atoms with Crippen LogP contribution in [0.1, 0.15) is 70.8 Å². The third kappa shape index (κ3) is 8.18. The molecule has 6 rings (SSSR count). The van der Waals surface area contributed by atoms with Crippen molar-refractivity contribution in [3.63, 3.8) is 0 Å². The van der Waals surface area contributed by atoms with Gasteiger partial charge in [-0.25, -0.2) is 4.79 Å². The summed E-state index contributed by atoms with van der Waals surface area (Å²) in [4.78, 5) is 28.5. The molecule has 0 atom stereocenters. The van der Waals surface area contributed by atoms with E-state index in [2.05, 4.69) is 25.7 Å². The van der Waals surface area contributed by atoms with Gasteiger partial charge in [-0.2, -0.15) is 23.1 Å². The average molecular weight is 729 g/mol. The SMILES string of the molecule is COCCN1CCC(Oc2nc(N3CCC4(CC3)CN(C(=O)OC(C)(C)C)C4)c3cc(C4CC4)c(Br)c(OCC(F)(F)F)c3n2)CC1. The monoisotopic (exact) mass is 727 g/mol. The Morgan fingerprint density at radius 2 is 1.72 bits per heavy atom. The molecule has 1 saturated carbocycles. The molecule has 0 bridgehead atoms. The number of carbonyl (C=O) groups is 1. The Labute approximate surface area is 282 Å². The predicted octanol–water partition coefficient (Wildman–Crippen LogP) is 6.54. The molecule has 260 valence electrons. The summed E-state index contributed by atoms with van der Waals surface area (Å²) in [5.74, 6) is 0.963. The van der Waals surface area contributed by atoms with Gasteiger partial charge >= 0.3 is 18.3 Å². The molecule has 0 unspecified atom stereocenters. The highest BCUT2D eigenvalue weighted by atomic mass is 79.9. The summed E-state index contributed by atoms with van der Waals surface area (Å²) in [6, 6.07) is 2.16. The Hall–Kier alpha value is -2.58. The molecule has 1 amide bonds. The van der Waals surface area contributed by atoms with Crippen LogP contribution in [0.25, 0.3) is 10.9 Å². The molecule has 4 aliphatic rings. The third-order valence-electron chi connectivity index (χ3n) is 9.52. The Morgan fingerprint density at radius 3 is 2.32 bits per heavy atom. The lowest BCUT2D eigenvalue weighted by atomic mass is 9.72. The first-order chi connectivity index (χ1) is 22.2. The van der Waals surface area contributed by atoms with Crippen molar-refractivity contribution in [3.8, 4) is 11.8 Å². The number of halogens is 4. The number of piperidine rings is 2. The number of nitrogens with zero attached hydrogens (tertiary/aromatic N) is 5. The second-order valence-corrected chi connectivity index (χ2v) is 15.3. The predicted molar refractivity (Wildman–Crippen MR) is 174 cm³/mol. The number of ether oxygens (including phenoxy) is 4. The zero-order valence-electron chi connectivity index (χ0n) is 27.6. The Kier molecular flexibility index (Phi) is 9.76. The molecule has 4 fully saturated rings. The summed E-state index contributed by atoms with van der Waals surface area (Å²) in [6.07, 6.45) is 0.256. The van der Waals surface area contributed by atoms with E-state index in [1.165, 1.54) is 0 Å². The Bertz CT molecular complexity index is 1440. The molecular formula is C33H45BrF3N5O5. The van der Waals surface area contributed by atoms with Crippen LogP contribution in [-0.4, -0.2) is 110 Å². The van der Waals surface area contributed by atoms with E-state index in [1.807, 2.05) is 26.8 Å². The van der Waals surface area contributed by atoms with Crippen molar-refractivity contribution in [2.45, 2.75) is 83.1 Å². The van der Waals surface area contributed by atoms with E-state index in [-0.39, 0.29) is 35.3 Å². The number of methoxy groups -OCH3 is 1. The van der Waals surface area contributed by atoms with Crippen molar-refractivity contribution in [3.05, 3.63) is 16.1 Å². The number of likely N-dealkylation sites (tertiary alicyclic amines) is 2. The van der Waals surface area contributed by atoms with Gasteiger partial charge in [-0.3, -0.25) is 0 Å². The summed E-state index contributed by atoms with van der Waals surface area (Å²) >= 11 is 3.58. The lowest BCUT2D eigenvalue weighted by Crippen LogP contribution is -2.62. The molecule has 1 spiro atoms. The normalized spacial score (nSPS) is 20.9. The third-order valence-corrected chi connectivity index (χ3v) is 10.3. The molecule has 1 aromatic heterocycles. The van der Waals surface area contributed by atoms with E-state index in [9.17, 15) is 18.0 Å². The topological polar surface area (TPSA) is 89.5 Å². The Morgan fingerprint density at radius 1 is 1.04 bits per heavy atom. The van der Waals surface area contributed by atoms with Crippen molar-refractivity contribution >= 4 is 38.7 Å². The fourth-order valence-electron chi connectivity index (χ4n) is 6.82. The summed E-state index contributed by atoms with van der Waals surface area (Å²) in [5.41, 5.74) is 0.685. The van der Waals surface area contributed by atoms with Crippen LogP contribution in [0.5, 0.6) is 11.8 Å². The number of fused-ring (bicyclic) bond motifs is 1. The van der Waals surface area contributed by atoms with Crippen LogP contribution in [0.2, 0.25) is 0 Å². The Balaban J connectivity index is 1.27. The first-order valence-electron chi connectivity index (χ1n) is 16.6. The van der Waals surface area contributed by atoms with E-state index in [0.717, 1.165) is 63.7 Å². The number of carbonyl (C=O) groups excluding carboxylic acids is 1. The summed E-state index contributed by atoms with van der Waals surface area (Å²) in [7, 11) is 1.69. The highest BCUT2D eigenvalue weighted by Gasteiger charge is 2.48. The maximum absolute atomic E-state index is 13.4. The van der Waals surface area contributed by atoms with Gasteiger partial charge in [-0.15, -0.1) is 0 Å². The molecule has 47 heavy (non-hydrogen) atoms. The van der Waals surface area contributed by atoms with Crippen LogP contribution < -0.4 is 14.4 Å². The zero-order valence-corrected chi connectivity index (χ0v) is 29.2. The lowest BCUT2D eigenvalue weighted by molar-refractivity contribution is -0.153. The number of rotatable bonds is 9. The van der Waals surface area contributed by atoms with E-state index in [1.54, 1.807) is 12.0 Å². The first-order valence-corrected chi connectivity index (χ1v) is 17.4. The van der Waals surface area contributed by atoms with Crippen molar-refractivity contribution in [1.82, 2.24) is 19.8 Å². The minimum Gasteiger partial charge on any atom is -0.481 e. The van der Waals surface area contributed by atoms with E-state index in [4.69, 9.17) is 28.9 Å². The van der Waals surface area contributed by atoms with Crippen LogP contribution in [0.3, 0.4) is 0 Å². The van der Waals surface area contributed by atoms with E-state index in [0.29, 0.717) is 54.0 Å². The minimum atomic E-state index is -4.51. The largest absolute Gasteiger partial charge is 0.481 e. The van der Waals surface area contributed by atoms with Crippen LogP contribution in [0, 0.1) is 5.41 Å². The molecule has 2 aromatic rings. The molecule has 14 heteroatoms. The highest BCUT2D eigenvalue weighted by molar-refractivity contribution is 9.10. The molecule has 0 N–H and O–H groups in total. The zero-order chi connectivity index (χ0) is 33.6. The van der Waals surface area contributed by atoms with Gasteiger partial charge in [-0.1, -0.05) is 0 Å². The van der Waals surface area contributed by atoms with E-state index < -0.39 is 18.4 Å². The van der Waals surface area contributed by atoms with Crippen LogP contribution >= 0.6 is 15.9 Å². The lowest BCUT2D eigenvalue weighted by Gasteiger charge is -2.53. The van der Waals surface area contributed by atoms with Crippen molar-refractivity contribution in [2.24, 2.45) is 5.41 Å². The van der Waals surface area contributed by atoms with Gasteiger partial charge in [-0.05, 0) is 92.8 Å². The molecular weight excluding hydrogens is 683 g/mol. The summed E-state index contributed by atoms with van der Waals surface area (Å²) in [6.45, 7) is 10.0. The number of aromatic nitrogens is 2. The summed E-state index contributed by atoms with van der Waals surface area (Å²) in [5, 5.41) is 0.661. The van der Waals surface area contributed by atoms with Gasteiger partial charge < -0.3 is 33.6 Å². The van der Waals surface area contributed by atoms with Crippen molar-refractivity contribution < 1.29 is 36.9 Å². The van der Waals surface area contributed by atoms with Crippen LogP contribution in [0.4, 0.5) is 23.8 Å². The molecule has 1 aromatic carbocycles. The van der Waals surface area contributed by atoms with Crippen LogP contribution in [0.15, 0.2) is 10.5 Å². The maximum atomic E-state index is 13.4.